The zero-order valence-corrected chi connectivity index (χ0v) is 14.8. The Kier molecular flexibility index (Phi) is 4.38. The molecule has 1 aliphatic heterocycles. The molecule has 0 aliphatic carbocycles. The van der Waals surface area contributed by atoms with Crippen LogP contribution in [0.4, 0.5) is 17.2 Å². The molecule has 1 aliphatic rings. The summed E-state index contributed by atoms with van der Waals surface area (Å²) in [6.45, 7) is 2.17. The third-order valence-electron chi connectivity index (χ3n) is 4.56. The molecule has 6 heteroatoms. The first-order chi connectivity index (χ1) is 13.1. The van der Waals surface area contributed by atoms with E-state index in [-0.39, 0.29) is 11.7 Å². The van der Waals surface area contributed by atoms with Crippen molar-refractivity contribution in [2.45, 2.75) is 13.3 Å². The fourth-order valence-electron chi connectivity index (χ4n) is 3.19. The van der Waals surface area contributed by atoms with Crippen molar-refractivity contribution >= 4 is 28.9 Å². The Bertz CT molecular complexity index is 1030. The first-order valence-corrected chi connectivity index (χ1v) is 8.71. The van der Waals surface area contributed by atoms with Crippen LogP contribution in [0.25, 0.3) is 0 Å². The maximum atomic E-state index is 12.9. The number of aromatic nitrogens is 2. The highest BCUT2D eigenvalue weighted by Gasteiger charge is 2.26. The first-order valence-electron chi connectivity index (χ1n) is 8.71. The Morgan fingerprint density at radius 2 is 1.89 bits per heavy atom. The molecule has 27 heavy (non-hydrogen) atoms. The molecule has 134 valence electrons. The number of carbonyl (C=O) groups is 2. The van der Waals surface area contributed by atoms with Crippen LogP contribution < -0.4 is 10.2 Å². The number of hydrogen-bond acceptors (Lipinski definition) is 5. The van der Waals surface area contributed by atoms with Crippen molar-refractivity contribution < 1.29 is 9.59 Å². The van der Waals surface area contributed by atoms with Crippen LogP contribution in [0.5, 0.6) is 0 Å². The lowest BCUT2D eigenvalue weighted by molar-refractivity contribution is 0.0982. The monoisotopic (exact) mass is 358 g/mol. The fraction of sp³-hybridized carbons (Fsp3) is 0.143. The van der Waals surface area contributed by atoms with Crippen molar-refractivity contribution in [3.8, 4) is 0 Å². The zero-order valence-electron chi connectivity index (χ0n) is 14.8. The Balaban J connectivity index is 1.57. The summed E-state index contributed by atoms with van der Waals surface area (Å²) in [5.74, 6) is 0.342. The van der Waals surface area contributed by atoms with Gasteiger partial charge in [0.15, 0.2) is 5.78 Å². The zero-order chi connectivity index (χ0) is 18.8. The van der Waals surface area contributed by atoms with Crippen molar-refractivity contribution in [3.05, 3.63) is 77.7 Å². The molecule has 0 saturated carbocycles. The van der Waals surface area contributed by atoms with E-state index in [1.54, 1.807) is 29.2 Å². The van der Waals surface area contributed by atoms with Crippen LogP contribution in [0.15, 0.2) is 60.9 Å². The lowest BCUT2D eigenvalue weighted by atomic mass is 10.1. The molecule has 0 fully saturated rings. The number of para-hydroxylation sites is 1. The number of anilines is 3. The quantitative estimate of drug-likeness (QED) is 0.721. The van der Waals surface area contributed by atoms with E-state index in [0.29, 0.717) is 23.6 Å². The van der Waals surface area contributed by atoms with Crippen LogP contribution in [-0.4, -0.2) is 28.2 Å². The maximum Gasteiger partial charge on any atom is 0.277 e. The van der Waals surface area contributed by atoms with Crippen LogP contribution in [0.3, 0.4) is 0 Å². The molecule has 0 bridgehead atoms. The van der Waals surface area contributed by atoms with Crippen LogP contribution in [-0.2, 0) is 6.42 Å². The summed E-state index contributed by atoms with van der Waals surface area (Å²) in [5, 5.41) is 3.13. The van der Waals surface area contributed by atoms with E-state index in [0.717, 1.165) is 17.8 Å². The van der Waals surface area contributed by atoms with Gasteiger partial charge in [-0.2, -0.15) is 0 Å². The van der Waals surface area contributed by atoms with Crippen LogP contribution in [0.1, 0.15) is 33.3 Å². The second-order valence-corrected chi connectivity index (χ2v) is 6.39. The molecule has 3 aromatic rings. The number of rotatable bonds is 4. The molecule has 0 unspecified atom stereocenters. The molecule has 0 spiro atoms. The van der Waals surface area contributed by atoms with E-state index in [1.165, 1.54) is 18.8 Å². The molecule has 2 aromatic carbocycles. The largest absolute Gasteiger partial charge is 0.340 e. The van der Waals surface area contributed by atoms with E-state index in [1.807, 2.05) is 30.3 Å². The van der Waals surface area contributed by atoms with Gasteiger partial charge < -0.3 is 10.2 Å². The lowest BCUT2D eigenvalue weighted by Gasteiger charge is -2.17. The highest BCUT2D eigenvalue weighted by atomic mass is 16.2. The van der Waals surface area contributed by atoms with Gasteiger partial charge in [0.2, 0.25) is 0 Å². The normalized spacial score (nSPS) is 12.6. The Morgan fingerprint density at radius 1 is 1.04 bits per heavy atom. The van der Waals surface area contributed by atoms with Gasteiger partial charge in [-0.05, 0) is 37.1 Å². The first kappa shape index (κ1) is 16.9. The number of fused-ring (bicyclic) bond motifs is 1. The average molecular weight is 358 g/mol. The number of ketones is 1. The number of nitrogens with one attached hydrogen (secondary N) is 1. The summed E-state index contributed by atoms with van der Waals surface area (Å²) in [7, 11) is 0. The number of carbonyl (C=O) groups excluding carboxylic acids is 2. The summed E-state index contributed by atoms with van der Waals surface area (Å²) in [4.78, 5) is 34.5. The fourth-order valence-corrected chi connectivity index (χ4v) is 3.19. The molecule has 2 heterocycles. The summed E-state index contributed by atoms with van der Waals surface area (Å²) in [6.07, 6.45) is 2.21. The van der Waals surface area contributed by atoms with E-state index in [9.17, 15) is 9.59 Å². The molecule has 1 aromatic heterocycles. The standard InChI is InChI=1S/C21H18N4O2/c1-14(26)16-6-4-7-17(11-16)24-20-12-18(22-13-23-20)21(27)25-10-9-15-5-2-3-8-19(15)25/h2-8,11-13H,9-10H2,1H3,(H,22,23,24). The number of hydrogen-bond donors (Lipinski definition) is 1. The second kappa shape index (κ2) is 6.99. The van der Waals surface area contributed by atoms with Crippen molar-refractivity contribution in [2.75, 3.05) is 16.8 Å². The Hall–Kier alpha value is -3.54. The predicted octanol–water partition coefficient (Wildman–Crippen LogP) is 3.63. The molecule has 0 radical (unpaired) electrons. The lowest BCUT2D eigenvalue weighted by Crippen LogP contribution is -2.29. The molecule has 1 amide bonds. The molecular weight excluding hydrogens is 340 g/mol. The van der Waals surface area contributed by atoms with Crippen LogP contribution >= 0.6 is 0 Å². The molecule has 4 rings (SSSR count). The minimum Gasteiger partial charge on any atom is -0.340 e. The van der Waals surface area contributed by atoms with E-state index in [4.69, 9.17) is 0 Å². The van der Waals surface area contributed by atoms with E-state index >= 15 is 0 Å². The van der Waals surface area contributed by atoms with Crippen LogP contribution in [0, 0.1) is 0 Å². The number of amides is 1. The summed E-state index contributed by atoms with van der Waals surface area (Å²) >= 11 is 0. The van der Waals surface area contributed by atoms with Crippen molar-refractivity contribution in [1.82, 2.24) is 9.97 Å². The van der Waals surface area contributed by atoms with Gasteiger partial charge in [-0.1, -0.05) is 30.3 Å². The van der Waals surface area contributed by atoms with Gasteiger partial charge in [0.1, 0.15) is 17.8 Å². The van der Waals surface area contributed by atoms with Crippen molar-refractivity contribution in [2.24, 2.45) is 0 Å². The van der Waals surface area contributed by atoms with Crippen molar-refractivity contribution in [3.63, 3.8) is 0 Å². The number of Topliss-reactive ketones (excluding diaryl/α,β-unsaturated/α-hetero) is 1. The molecule has 6 nitrogen and oxygen atoms in total. The van der Waals surface area contributed by atoms with Gasteiger partial charge >= 0.3 is 0 Å². The minimum atomic E-state index is -0.150. The van der Waals surface area contributed by atoms with E-state index in [2.05, 4.69) is 15.3 Å². The van der Waals surface area contributed by atoms with Gasteiger partial charge in [0.25, 0.3) is 5.91 Å². The van der Waals surface area contributed by atoms with Gasteiger partial charge in [-0.15, -0.1) is 0 Å². The summed E-state index contributed by atoms with van der Waals surface area (Å²) in [5.41, 5.74) is 3.77. The third kappa shape index (κ3) is 3.42. The highest BCUT2D eigenvalue weighted by Crippen LogP contribution is 2.28. The van der Waals surface area contributed by atoms with Crippen LogP contribution in [0.2, 0.25) is 0 Å². The summed E-state index contributed by atoms with van der Waals surface area (Å²) < 4.78 is 0. The maximum absolute atomic E-state index is 12.9. The van der Waals surface area contributed by atoms with Gasteiger partial charge in [0.05, 0.1) is 0 Å². The molecular formula is C21H18N4O2. The molecule has 0 saturated heterocycles. The summed E-state index contributed by atoms with van der Waals surface area (Å²) in [6, 6.07) is 16.7. The number of benzene rings is 2. The average Bonchev–Trinajstić information content (AvgIpc) is 3.12. The molecule has 1 N–H and O–H groups in total. The van der Waals surface area contributed by atoms with Gasteiger partial charge in [0, 0.05) is 29.5 Å². The predicted molar refractivity (Wildman–Crippen MR) is 104 cm³/mol. The Labute approximate surface area is 156 Å². The highest BCUT2D eigenvalue weighted by molar-refractivity contribution is 6.06. The van der Waals surface area contributed by atoms with Crippen molar-refractivity contribution in [1.29, 1.82) is 0 Å². The minimum absolute atomic E-state index is 0.00935. The SMILES string of the molecule is CC(=O)c1cccc(Nc2cc(C(=O)N3CCc4ccccc43)ncn2)c1. The Morgan fingerprint density at radius 3 is 2.74 bits per heavy atom. The van der Waals surface area contributed by atoms with Gasteiger partial charge in [-0.25, -0.2) is 9.97 Å². The van der Waals surface area contributed by atoms with Gasteiger partial charge in [-0.3, -0.25) is 9.59 Å². The number of nitrogens with zero attached hydrogens (tertiary/aromatic N) is 3. The van der Waals surface area contributed by atoms with E-state index < -0.39 is 0 Å². The molecule has 0 atom stereocenters. The third-order valence-corrected chi connectivity index (χ3v) is 4.56. The smallest absolute Gasteiger partial charge is 0.277 e. The topological polar surface area (TPSA) is 75.2 Å². The second-order valence-electron chi connectivity index (χ2n) is 6.39.